The highest BCUT2D eigenvalue weighted by atomic mass is 16.5. The molecule has 0 aliphatic carbocycles. The lowest BCUT2D eigenvalue weighted by atomic mass is 10.1. The van der Waals surface area contributed by atoms with Gasteiger partial charge in [0, 0.05) is 50.4 Å². The van der Waals surface area contributed by atoms with Gasteiger partial charge in [-0.05, 0) is 31.3 Å². The second-order valence-electron chi connectivity index (χ2n) is 7.69. The molecule has 3 aromatic rings. The summed E-state index contributed by atoms with van der Waals surface area (Å²) in [4.78, 5) is 22.2. The Morgan fingerprint density at radius 2 is 1.74 bits per heavy atom. The summed E-state index contributed by atoms with van der Waals surface area (Å²) in [5.74, 6) is 1.41. The van der Waals surface area contributed by atoms with Gasteiger partial charge in [-0.25, -0.2) is 4.98 Å². The van der Waals surface area contributed by atoms with Crippen LogP contribution in [-0.2, 0) is 0 Å². The molecule has 1 aromatic heterocycles. The molecule has 0 radical (unpaired) electrons. The van der Waals surface area contributed by atoms with Gasteiger partial charge in [0.1, 0.15) is 5.75 Å². The smallest absolute Gasteiger partial charge is 0.273 e. The summed E-state index contributed by atoms with van der Waals surface area (Å²) >= 11 is 0. The average Bonchev–Trinajstić information content (AvgIpc) is 3.27. The SMILES string of the molecule is COc1ccc(-c2nc(C(=O)NCCN3CCN(C)CC3)c(-c3ccccc3)o2)cc1. The Morgan fingerprint density at radius 1 is 1.03 bits per heavy atom. The molecule has 7 nitrogen and oxygen atoms in total. The van der Waals surface area contributed by atoms with Crippen molar-refractivity contribution >= 4 is 5.91 Å². The van der Waals surface area contributed by atoms with Crippen LogP contribution in [0.15, 0.2) is 59.0 Å². The van der Waals surface area contributed by atoms with Crippen molar-refractivity contribution in [1.29, 1.82) is 0 Å². The first-order valence-electron chi connectivity index (χ1n) is 10.5. The van der Waals surface area contributed by atoms with Crippen LogP contribution in [0.3, 0.4) is 0 Å². The summed E-state index contributed by atoms with van der Waals surface area (Å²) in [6.07, 6.45) is 0. The van der Waals surface area contributed by atoms with Crippen LogP contribution in [0.4, 0.5) is 0 Å². The zero-order valence-corrected chi connectivity index (χ0v) is 18.0. The molecule has 4 rings (SSSR count). The third kappa shape index (κ3) is 5.13. The first-order chi connectivity index (χ1) is 15.1. The van der Waals surface area contributed by atoms with Gasteiger partial charge in [0.25, 0.3) is 5.91 Å². The minimum atomic E-state index is -0.225. The van der Waals surface area contributed by atoms with E-state index in [1.54, 1.807) is 7.11 Å². The van der Waals surface area contributed by atoms with Gasteiger partial charge in [-0.15, -0.1) is 0 Å². The summed E-state index contributed by atoms with van der Waals surface area (Å²) in [5, 5.41) is 3.01. The van der Waals surface area contributed by atoms with Crippen molar-refractivity contribution in [3.63, 3.8) is 0 Å². The predicted octanol–water partition coefficient (Wildman–Crippen LogP) is 2.99. The number of carbonyl (C=O) groups excluding carboxylic acids is 1. The molecule has 1 saturated heterocycles. The molecule has 31 heavy (non-hydrogen) atoms. The van der Waals surface area contributed by atoms with E-state index in [1.165, 1.54) is 0 Å². The molecule has 0 unspecified atom stereocenters. The number of rotatable bonds is 7. The van der Waals surface area contributed by atoms with Gasteiger partial charge < -0.3 is 19.4 Å². The molecule has 2 aromatic carbocycles. The van der Waals surface area contributed by atoms with Gasteiger partial charge in [0.05, 0.1) is 7.11 Å². The normalized spacial score (nSPS) is 15.0. The Morgan fingerprint density at radius 3 is 2.42 bits per heavy atom. The number of likely N-dealkylation sites (N-methyl/N-ethyl adjacent to an activating group) is 1. The third-order valence-corrected chi connectivity index (χ3v) is 5.52. The molecule has 0 atom stereocenters. The Balaban J connectivity index is 1.52. The van der Waals surface area contributed by atoms with Crippen molar-refractivity contribution < 1.29 is 13.9 Å². The standard InChI is InChI=1S/C24H28N4O3/c1-27-14-16-28(17-15-27)13-12-25-23(29)21-22(18-6-4-3-5-7-18)31-24(26-21)19-8-10-20(30-2)11-9-19/h3-11H,12-17H2,1-2H3,(H,25,29). The van der Waals surface area contributed by atoms with Gasteiger partial charge in [0.2, 0.25) is 5.89 Å². The van der Waals surface area contributed by atoms with E-state index < -0.39 is 0 Å². The van der Waals surface area contributed by atoms with E-state index in [2.05, 4.69) is 27.1 Å². The molecule has 0 saturated carbocycles. The van der Waals surface area contributed by atoms with E-state index in [1.807, 2.05) is 54.6 Å². The Bertz CT molecular complexity index is 993. The maximum atomic E-state index is 13.0. The van der Waals surface area contributed by atoms with Crippen molar-refractivity contribution in [2.75, 3.05) is 53.4 Å². The molecule has 1 amide bonds. The van der Waals surface area contributed by atoms with Gasteiger partial charge in [-0.1, -0.05) is 30.3 Å². The van der Waals surface area contributed by atoms with E-state index in [0.29, 0.717) is 23.9 Å². The lowest BCUT2D eigenvalue weighted by Crippen LogP contribution is -2.46. The second-order valence-corrected chi connectivity index (χ2v) is 7.69. The molecule has 1 aliphatic rings. The molecule has 1 aliphatic heterocycles. The Hall–Kier alpha value is -3.16. The molecule has 0 bridgehead atoms. The van der Waals surface area contributed by atoms with E-state index in [9.17, 15) is 4.79 Å². The minimum absolute atomic E-state index is 0.225. The maximum absolute atomic E-state index is 13.0. The number of carbonyl (C=O) groups is 1. The number of oxazole rings is 1. The first kappa shape index (κ1) is 21.1. The number of hydrogen-bond acceptors (Lipinski definition) is 6. The number of amides is 1. The number of nitrogens with zero attached hydrogens (tertiary/aromatic N) is 3. The fourth-order valence-electron chi connectivity index (χ4n) is 3.60. The summed E-state index contributed by atoms with van der Waals surface area (Å²) in [6.45, 7) is 5.55. The van der Waals surface area contributed by atoms with E-state index >= 15 is 0 Å². The molecule has 2 heterocycles. The van der Waals surface area contributed by atoms with Gasteiger partial charge in [-0.2, -0.15) is 0 Å². The first-order valence-corrected chi connectivity index (χ1v) is 10.5. The van der Waals surface area contributed by atoms with E-state index in [0.717, 1.165) is 49.6 Å². The summed E-state index contributed by atoms with van der Waals surface area (Å²) in [7, 11) is 3.76. The quantitative estimate of drug-likeness (QED) is 0.634. The number of methoxy groups -OCH3 is 1. The van der Waals surface area contributed by atoms with E-state index in [-0.39, 0.29) is 5.91 Å². The lowest BCUT2D eigenvalue weighted by Gasteiger charge is -2.32. The van der Waals surface area contributed by atoms with Crippen LogP contribution in [0.2, 0.25) is 0 Å². The number of ether oxygens (including phenoxy) is 1. The zero-order chi connectivity index (χ0) is 21.6. The van der Waals surface area contributed by atoms with Crippen LogP contribution >= 0.6 is 0 Å². The number of piperazine rings is 1. The van der Waals surface area contributed by atoms with Crippen LogP contribution < -0.4 is 10.1 Å². The molecule has 1 fully saturated rings. The fraction of sp³-hybridized carbons (Fsp3) is 0.333. The fourth-order valence-corrected chi connectivity index (χ4v) is 3.60. The Labute approximate surface area is 182 Å². The zero-order valence-electron chi connectivity index (χ0n) is 18.0. The van der Waals surface area contributed by atoms with Gasteiger partial charge >= 0.3 is 0 Å². The highest BCUT2D eigenvalue weighted by Crippen LogP contribution is 2.30. The number of nitrogens with one attached hydrogen (secondary N) is 1. The third-order valence-electron chi connectivity index (χ3n) is 5.52. The molecular formula is C24H28N4O3. The minimum Gasteiger partial charge on any atom is -0.497 e. The lowest BCUT2D eigenvalue weighted by molar-refractivity contribution is 0.0937. The summed E-state index contributed by atoms with van der Waals surface area (Å²) in [6, 6.07) is 17.0. The highest BCUT2D eigenvalue weighted by Gasteiger charge is 2.22. The largest absolute Gasteiger partial charge is 0.497 e. The predicted molar refractivity (Wildman–Crippen MR) is 120 cm³/mol. The number of aromatic nitrogens is 1. The van der Waals surface area contributed by atoms with Crippen LogP contribution in [0.5, 0.6) is 5.75 Å². The van der Waals surface area contributed by atoms with Crippen molar-refractivity contribution in [2.45, 2.75) is 0 Å². The van der Waals surface area contributed by atoms with Crippen LogP contribution in [0.25, 0.3) is 22.8 Å². The van der Waals surface area contributed by atoms with E-state index in [4.69, 9.17) is 9.15 Å². The van der Waals surface area contributed by atoms with Gasteiger partial charge in [-0.3, -0.25) is 9.69 Å². The van der Waals surface area contributed by atoms with Crippen LogP contribution in [0.1, 0.15) is 10.5 Å². The topological polar surface area (TPSA) is 70.8 Å². The van der Waals surface area contributed by atoms with Crippen LogP contribution in [-0.4, -0.2) is 74.1 Å². The molecular weight excluding hydrogens is 392 g/mol. The van der Waals surface area contributed by atoms with Crippen molar-refractivity contribution in [3.05, 3.63) is 60.3 Å². The monoisotopic (exact) mass is 420 g/mol. The van der Waals surface area contributed by atoms with Crippen molar-refractivity contribution in [2.24, 2.45) is 0 Å². The second kappa shape index (κ2) is 9.76. The number of hydrogen-bond donors (Lipinski definition) is 1. The summed E-state index contributed by atoms with van der Waals surface area (Å²) < 4.78 is 11.3. The van der Waals surface area contributed by atoms with Crippen LogP contribution in [0, 0.1) is 0 Å². The molecule has 1 N–H and O–H groups in total. The average molecular weight is 421 g/mol. The molecule has 162 valence electrons. The van der Waals surface area contributed by atoms with Gasteiger partial charge in [0.15, 0.2) is 11.5 Å². The Kier molecular flexibility index (Phi) is 6.64. The van der Waals surface area contributed by atoms with Crippen molar-refractivity contribution in [3.8, 4) is 28.5 Å². The molecule has 7 heteroatoms. The molecule has 0 spiro atoms. The highest BCUT2D eigenvalue weighted by molar-refractivity contribution is 5.98. The number of benzene rings is 2. The summed E-state index contributed by atoms with van der Waals surface area (Å²) in [5.41, 5.74) is 1.91. The maximum Gasteiger partial charge on any atom is 0.273 e. The van der Waals surface area contributed by atoms with Crippen molar-refractivity contribution in [1.82, 2.24) is 20.1 Å².